The Bertz CT molecular complexity index is 1350. The highest BCUT2D eigenvalue weighted by Crippen LogP contribution is 2.39. The molecule has 0 radical (unpaired) electrons. The molecule has 0 bridgehead atoms. The van der Waals surface area contributed by atoms with Gasteiger partial charge in [-0.05, 0) is 63.0 Å². The molecule has 0 saturated heterocycles. The van der Waals surface area contributed by atoms with Crippen LogP contribution in [0, 0.1) is 5.82 Å². The molecule has 3 aromatic rings. The average Bonchev–Trinajstić information content (AvgIpc) is 3.33. The summed E-state index contributed by atoms with van der Waals surface area (Å²) < 4.78 is 84.6. The first-order valence-electron chi connectivity index (χ1n) is 11.6. The van der Waals surface area contributed by atoms with Gasteiger partial charge in [0, 0.05) is 18.2 Å². The van der Waals surface area contributed by atoms with Crippen LogP contribution in [0.5, 0.6) is 0 Å². The molecule has 12 heteroatoms. The number of rotatable bonds is 7. The number of likely N-dealkylation sites (N-methyl/N-ethyl adjacent to an activating group) is 1. The van der Waals surface area contributed by atoms with E-state index in [1.165, 1.54) is 24.5 Å². The summed E-state index contributed by atoms with van der Waals surface area (Å²) in [5.41, 5.74) is 0.344. The SMILES string of the molecule is CN(C)[C@H]1CC(c2cccc(C(F)(F)F)c2)CC[C@@H]1Nc1cc(F)c(S(=O)(=O)Cc2ccon2)cc1Cl. The second-order valence-electron chi connectivity index (χ2n) is 9.43. The normalized spacial score (nSPS) is 20.8. The molecule has 1 unspecified atom stereocenters. The summed E-state index contributed by atoms with van der Waals surface area (Å²) in [6, 6.07) is 8.64. The Labute approximate surface area is 217 Å². The minimum absolute atomic E-state index is 0.0395. The van der Waals surface area contributed by atoms with Gasteiger partial charge in [0.25, 0.3) is 0 Å². The molecule has 3 atom stereocenters. The average molecular weight is 560 g/mol. The Morgan fingerprint density at radius 3 is 2.57 bits per heavy atom. The maximum absolute atomic E-state index is 15.0. The van der Waals surface area contributed by atoms with Gasteiger partial charge in [-0.1, -0.05) is 35.0 Å². The first-order chi connectivity index (χ1) is 17.3. The molecule has 0 spiro atoms. The van der Waals surface area contributed by atoms with Gasteiger partial charge in [-0.3, -0.25) is 0 Å². The maximum atomic E-state index is 15.0. The molecule has 1 aliphatic carbocycles. The summed E-state index contributed by atoms with van der Waals surface area (Å²) in [6.07, 6.45) is -1.40. The van der Waals surface area contributed by atoms with Crippen LogP contribution in [-0.2, 0) is 21.8 Å². The van der Waals surface area contributed by atoms with Crippen LogP contribution in [-0.4, -0.2) is 44.7 Å². The largest absolute Gasteiger partial charge is 0.416 e. The summed E-state index contributed by atoms with van der Waals surface area (Å²) in [5, 5.41) is 6.84. The van der Waals surface area contributed by atoms with Crippen LogP contribution in [0.1, 0.15) is 42.0 Å². The second-order valence-corrected chi connectivity index (χ2v) is 11.8. The first kappa shape index (κ1) is 27.4. The molecule has 1 aliphatic rings. The van der Waals surface area contributed by atoms with E-state index >= 15 is 0 Å². The number of sulfone groups is 1. The monoisotopic (exact) mass is 559 g/mol. The summed E-state index contributed by atoms with van der Waals surface area (Å²) in [6.45, 7) is 0. The summed E-state index contributed by atoms with van der Waals surface area (Å²) in [7, 11) is -0.319. The highest BCUT2D eigenvalue weighted by Gasteiger charge is 2.35. The third-order valence-corrected chi connectivity index (χ3v) is 8.66. The van der Waals surface area contributed by atoms with Crippen LogP contribution in [0.3, 0.4) is 0 Å². The number of hydrogen-bond donors (Lipinski definition) is 1. The van der Waals surface area contributed by atoms with E-state index in [9.17, 15) is 26.0 Å². The molecular weight excluding hydrogens is 534 g/mol. The topological polar surface area (TPSA) is 75.4 Å². The molecule has 4 rings (SSSR count). The van der Waals surface area contributed by atoms with Gasteiger partial charge in [0.05, 0.1) is 22.0 Å². The van der Waals surface area contributed by atoms with Crippen molar-refractivity contribution < 1.29 is 30.5 Å². The minimum Gasteiger partial charge on any atom is -0.379 e. The Balaban J connectivity index is 1.52. The van der Waals surface area contributed by atoms with Gasteiger partial charge in [0.2, 0.25) is 0 Å². The van der Waals surface area contributed by atoms with Crippen LogP contribution < -0.4 is 5.32 Å². The van der Waals surface area contributed by atoms with E-state index < -0.39 is 38.0 Å². The zero-order valence-corrected chi connectivity index (χ0v) is 21.7. The van der Waals surface area contributed by atoms with E-state index in [1.807, 2.05) is 19.0 Å². The van der Waals surface area contributed by atoms with Crippen LogP contribution >= 0.6 is 11.6 Å². The van der Waals surface area contributed by atoms with Crippen LogP contribution in [0.25, 0.3) is 0 Å². The molecule has 6 nitrogen and oxygen atoms in total. The molecular formula is C25H26ClF4N3O3S. The van der Waals surface area contributed by atoms with Gasteiger partial charge in [-0.25, -0.2) is 12.8 Å². The smallest absolute Gasteiger partial charge is 0.379 e. The van der Waals surface area contributed by atoms with Gasteiger partial charge in [0.15, 0.2) is 9.84 Å². The van der Waals surface area contributed by atoms with E-state index in [1.54, 1.807) is 6.07 Å². The molecule has 2 aromatic carbocycles. The van der Waals surface area contributed by atoms with Gasteiger partial charge in [-0.2, -0.15) is 13.2 Å². The predicted molar refractivity (Wildman–Crippen MR) is 132 cm³/mol. The van der Waals surface area contributed by atoms with Gasteiger partial charge < -0.3 is 14.7 Å². The van der Waals surface area contributed by atoms with E-state index in [0.29, 0.717) is 24.8 Å². The van der Waals surface area contributed by atoms with Crippen LogP contribution in [0.2, 0.25) is 5.02 Å². The molecule has 37 heavy (non-hydrogen) atoms. The number of hydrogen-bond acceptors (Lipinski definition) is 6. The van der Waals surface area contributed by atoms with Gasteiger partial charge in [0.1, 0.15) is 22.7 Å². The minimum atomic E-state index is -4.41. The van der Waals surface area contributed by atoms with Crippen molar-refractivity contribution in [2.45, 2.75) is 54.1 Å². The second kappa shape index (κ2) is 10.6. The predicted octanol–water partition coefficient (Wildman–Crippen LogP) is 6.14. The van der Waals surface area contributed by atoms with E-state index in [4.69, 9.17) is 11.6 Å². The number of aromatic nitrogens is 1. The van der Waals surface area contributed by atoms with Crippen LogP contribution in [0.15, 0.2) is 58.1 Å². The fourth-order valence-corrected chi connectivity index (χ4v) is 6.45. The Morgan fingerprint density at radius 1 is 1.16 bits per heavy atom. The quantitative estimate of drug-likeness (QED) is 0.351. The maximum Gasteiger partial charge on any atom is 0.416 e. The number of halogens is 5. The number of benzene rings is 2. The zero-order chi connectivity index (χ0) is 27.0. The molecule has 1 aromatic heterocycles. The molecule has 1 heterocycles. The first-order valence-corrected chi connectivity index (χ1v) is 13.6. The standard InChI is InChI=1S/C25H26ClF4N3O3S/c1-33(2)23-11-16(15-4-3-5-17(10-15)25(28,29)30)6-7-21(23)31-22-13-20(27)24(12-19(22)26)37(34,35)14-18-8-9-36-32-18/h3-5,8-10,12-13,16,21,23,31H,6-7,11,14H2,1-2H3/t16?,21-,23-/m0/s1. The molecule has 1 N–H and O–H groups in total. The fourth-order valence-electron chi connectivity index (χ4n) is 4.82. The van der Waals surface area contributed by atoms with E-state index in [0.717, 1.165) is 18.2 Å². The van der Waals surface area contributed by atoms with Crippen molar-refractivity contribution in [3.05, 3.63) is 76.4 Å². The van der Waals surface area contributed by atoms with Crippen molar-refractivity contribution in [1.82, 2.24) is 10.1 Å². The molecule has 200 valence electrons. The third kappa shape index (κ3) is 6.27. The number of nitrogens with one attached hydrogen (secondary N) is 1. The Morgan fingerprint density at radius 2 is 1.92 bits per heavy atom. The van der Waals surface area contributed by atoms with E-state index in [-0.39, 0.29) is 34.4 Å². The number of nitrogens with zero attached hydrogens (tertiary/aromatic N) is 2. The Hall–Kier alpha value is -2.63. The van der Waals surface area contributed by atoms with Crippen molar-refractivity contribution in [3.63, 3.8) is 0 Å². The van der Waals surface area contributed by atoms with Crippen molar-refractivity contribution in [1.29, 1.82) is 0 Å². The highest BCUT2D eigenvalue weighted by atomic mass is 35.5. The van der Waals surface area contributed by atoms with E-state index in [2.05, 4.69) is 15.0 Å². The lowest BCUT2D eigenvalue weighted by Gasteiger charge is -2.41. The third-order valence-electron chi connectivity index (χ3n) is 6.69. The van der Waals surface area contributed by atoms with Crippen molar-refractivity contribution in [2.75, 3.05) is 19.4 Å². The molecule has 1 saturated carbocycles. The molecule has 0 aliphatic heterocycles. The zero-order valence-electron chi connectivity index (χ0n) is 20.1. The summed E-state index contributed by atoms with van der Waals surface area (Å²) >= 11 is 6.37. The molecule has 0 amide bonds. The van der Waals surface area contributed by atoms with Gasteiger partial charge >= 0.3 is 6.18 Å². The summed E-state index contributed by atoms with van der Waals surface area (Å²) in [5.74, 6) is -1.57. The fraction of sp³-hybridized carbons (Fsp3) is 0.400. The summed E-state index contributed by atoms with van der Waals surface area (Å²) in [4.78, 5) is 1.43. The van der Waals surface area contributed by atoms with Gasteiger partial charge in [-0.15, -0.1) is 0 Å². The lowest BCUT2D eigenvalue weighted by atomic mass is 9.78. The van der Waals surface area contributed by atoms with Crippen molar-refractivity contribution in [2.24, 2.45) is 0 Å². The highest BCUT2D eigenvalue weighted by molar-refractivity contribution is 7.90. The lowest BCUT2D eigenvalue weighted by molar-refractivity contribution is -0.137. The number of alkyl halides is 3. The van der Waals surface area contributed by atoms with Crippen molar-refractivity contribution >= 4 is 27.1 Å². The van der Waals surface area contributed by atoms with Crippen molar-refractivity contribution in [3.8, 4) is 0 Å². The lowest BCUT2D eigenvalue weighted by Crippen LogP contribution is -2.47. The Kier molecular flexibility index (Phi) is 7.87. The number of anilines is 1. The van der Waals surface area contributed by atoms with Crippen LogP contribution in [0.4, 0.5) is 23.2 Å². The molecule has 1 fully saturated rings.